The van der Waals surface area contributed by atoms with Crippen molar-refractivity contribution in [1.82, 2.24) is 10.6 Å². The Hall–Kier alpha value is -1.82. The number of benzene rings is 1. The predicted molar refractivity (Wildman–Crippen MR) is 116 cm³/mol. The predicted octanol–water partition coefficient (Wildman–Crippen LogP) is 3.29. The number of hydrogen-bond donors (Lipinski definition) is 2. The highest BCUT2D eigenvalue weighted by Crippen LogP contribution is 2.57. The zero-order chi connectivity index (χ0) is 19.8. The first-order valence-corrected chi connectivity index (χ1v) is 11.8. The van der Waals surface area contributed by atoms with Crippen LogP contribution in [0.25, 0.3) is 0 Å². The first kappa shape index (κ1) is 19.2. The lowest BCUT2D eigenvalue weighted by Crippen LogP contribution is -2.50. The fourth-order valence-corrected chi connectivity index (χ4v) is 7.32. The number of thioether (sulfide) groups is 1. The van der Waals surface area contributed by atoms with E-state index in [4.69, 9.17) is 4.99 Å². The summed E-state index contributed by atoms with van der Waals surface area (Å²) in [7, 11) is 0. The highest BCUT2D eigenvalue weighted by Gasteiger charge is 2.51. The average Bonchev–Trinajstić information content (AvgIpc) is 2.99. The molecule has 1 atom stereocenters. The summed E-state index contributed by atoms with van der Waals surface area (Å²) in [6.45, 7) is 0.593. The highest BCUT2D eigenvalue weighted by molar-refractivity contribution is 8.15. The van der Waals surface area contributed by atoms with Gasteiger partial charge in [-0.25, -0.2) is 0 Å². The molecular formula is C23H29N3O2S. The van der Waals surface area contributed by atoms with Gasteiger partial charge in [0.15, 0.2) is 5.17 Å². The maximum atomic E-state index is 12.4. The van der Waals surface area contributed by atoms with Crippen LogP contribution in [0.4, 0.5) is 0 Å². The molecule has 5 fully saturated rings. The molecule has 1 heterocycles. The Kier molecular flexibility index (Phi) is 5.14. The van der Waals surface area contributed by atoms with Crippen LogP contribution in [0.1, 0.15) is 50.5 Å². The van der Waals surface area contributed by atoms with Crippen molar-refractivity contribution in [3.05, 3.63) is 35.9 Å². The van der Waals surface area contributed by atoms with Crippen LogP contribution in [0.2, 0.25) is 0 Å². The molecule has 6 heteroatoms. The Balaban J connectivity index is 1.14. The van der Waals surface area contributed by atoms with Crippen LogP contribution in [0.3, 0.4) is 0 Å². The van der Waals surface area contributed by atoms with E-state index in [1.807, 2.05) is 18.2 Å². The summed E-state index contributed by atoms with van der Waals surface area (Å²) in [6, 6.07) is 10.1. The lowest BCUT2D eigenvalue weighted by molar-refractivity contribution is -0.125. The summed E-state index contributed by atoms with van der Waals surface area (Å²) in [5.41, 5.74) is 1.25. The number of aliphatic imine (C=N–C) groups is 1. The van der Waals surface area contributed by atoms with Crippen molar-refractivity contribution in [2.75, 3.05) is 6.54 Å². The molecule has 5 aliphatic rings. The normalized spacial score (nSPS) is 36.4. The monoisotopic (exact) mass is 411 g/mol. The Bertz CT molecular complexity index is 787. The van der Waals surface area contributed by atoms with E-state index in [0.717, 1.165) is 29.3 Å². The Labute approximate surface area is 176 Å². The maximum absolute atomic E-state index is 12.4. The second kappa shape index (κ2) is 7.78. The number of amidine groups is 1. The van der Waals surface area contributed by atoms with Crippen molar-refractivity contribution in [3.8, 4) is 0 Å². The number of carbonyl (C=O) groups is 2. The topological polar surface area (TPSA) is 70.6 Å². The average molecular weight is 412 g/mol. The van der Waals surface area contributed by atoms with Crippen molar-refractivity contribution in [2.45, 2.75) is 62.2 Å². The summed E-state index contributed by atoms with van der Waals surface area (Å²) in [5.74, 6) is 2.36. The number of carbonyl (C=O) groups excluding carboxylic acids is 2. The Morgan fingerprint density at radius 2 is 1.76 bits per heavy atom. The van der Waals surface area contributed by atoms with Gasteiger partial charge in [-0.2, -0.15) is 0 Å². The van der Waals surface area contributed by atoms with E-state index in [2.05, 4.69) is 22.8 Å². The number of nitrogens with zero attached hydrogens (tertiary/aromatic N) is 1. The minimum atomic E-state index is -0.362. The molecule has 4 aliphatic carbocycles. The van der Waals surface area contributed by atoms with Crippen LogP contribution in [0, 0.1) is 17.8 Å². The van der Waals surface area contributed by atoms with Crippen LogP contribution in [0.15, 0.2) is 35.3 Å². The summed E-state index contributed by atoms with van der Waals surface area (Å²) in [5, 5.41) is 6.30. The molecule has 2 amide bonds. The number of amides is 2. The molecule has 0 aromatic heterocycles. The molecule has 5 nitrogen and oxygen atoms in total. The van der Waals surface area contributed by atoms with Gasteiger partial charge in [0.25, 0.3) is 0 Å². The van der Waals surface area contributed by atoms with Crippen LogP contribution >= 0.6 is 11.8 Å². The molecule has 29 heavy (non-hydrogen) atoms. The van der Waals surface area contributed by atoms with Crippen LogP contribution in [0.5, 0.6) is 0 Å². The van der Waals surface area contributed by atoms with E-state index in [1.54, 1.807) is 0 Å². The molecule has 4 saturated carbocycles. The summed E-state index contributed by atoms with van der Waals surface area (Å²) in [6.07, 6.45) is 8.72. The van der Waals surface area contributed by atoms with Gasteiger partial charge in [0.2, 0.25) is 11.8 Å². The Morgan fingerprint density at radius 3 is 2.41 bits per heavy atom. The van der Waals surface area contributed by atoms with Gasteiger partial charge in [-0.3, -0.25) is 14.6 Å². The van der Waals surface area contributed by atoms with E-state index in [-0.39, 0.29) is 29.0 Å². The van der Waals surface area contributed by atoms with Gasteiger partial charge in [0, 0.05) is 13.0 Å². The van der Waals surface area contributed by atoms with Gasteiger partial charge in [-0.05, 0) is 68.3 Å². The molecule has 6 rings (SSSR count). The molecule has 1 aromatic rings. The molecule has 2 N–H and O–H groups in total. The van der Waals surface area contributed by atoms with Crippen molar-refractivity contribution < 1.29 is 9.59 Å². The first-order chi connectivity index (χ1) is 14.1. The van der Waals surface area contributed by atoms with Gasteiger partial charge in [-0.1, -0.05) is 42.1 Å². The fourth-order valence-electron chi connectivity index (χ4n) is 6.24. The third kappa shape index (κ3) is 4.23. The van der Waals surface area contributed by atoms with Crippen molar-refractivity contribution in [2.24, 2.45) is 22.7 Å². The molecule has 1 aliphatic heterocycles. The standard InChI is InChI=1S/C23H29N3O2S/c27-20(24-7-6-15-4-2-1-3-5-15)11-19-21(28)25-22(29-19)26-23-12-16-8-17(13-23)10-18(9-16)14-23/h1-5,16-19H,6-14H2,(H,24,27)(H,25,26,28). The molecule has 1 saturated heterocycles. The van der Waals surface area contributed by atoms with E-state index < -0.39 is 0 Å². The molecule has 1 aromatic carbocycles. The molecule has 4 bridgehead atoms. The zero-order valence-corrected chi connectivity index (χ0v) is 17.5. The van der Waals surface area contributed by atoms with Gasteiger partial charge >= 0.3 is 0 Å². The number of hydrogen-bond acceptors (Lipinski definition) is 4. The molecule has 1 unspecified atom stereocenters. The van der Waals surface area contributed by atoms with Crippen LogP contribution in [-0.2, 0) is 16.0 Å². The maximum Gasteiger partial charge on any atom is 0.240 e. The molecule has 154 valence electrons. The van der Waals surface area contributed by atoms with E-state index in [0.29, 0.717) is 6.54 Å². The summed E-state index contributed by atoms with van der Waals surface area (Å²) >= 11 is 1.45. The van der Waals surface area contributed by atoms with Crippen LogP contribution < -0.4 is 10.6 Å². The first-order valence-electron chi connectivity index (χ1n) is 10.9. The quantitative estimate of drug-likeness (QED) is 0.755. The van der Waals surface area contributed by atoms with Crippen molar-refractivity contribution in [1.29, 1.82) is 0 Å². The zero-order valence-electron chi connectivity index (χ0n) is 16.7. The second-order valence-corrected chi connectivity index (χ2v) is 10.6. The summed E-state index contributed by atoms with van der Waals surface area (Å²) < 4.78 is 0. The van der Waals surface area contributed by atoms with Crippen molar-refractivity contribution in [3.63, 3.8) is 0 Å². The smallest absolute Gasteiger partial charge is 0.240 e. The minimum absolute atomic E-state index is 0.0528. The lowest BCUT2D eigenvalue weighted by atomic mass is 9.53. The van der Waals surface area contributed by atoms with Gasteiger partial charge < -0.3 is 10.6 Å². The third-order valence-electron chi connectivity index (χ3n) is 7.07. The highest BCUT2D eigenvalue weighted by atomic mass is 32.2. The SMILES string of the molecule is O=C(CC1SC(=NC23CC4CC(CC(C4)C2)C3)NC1=O)NCCc1ccccc1. The van der Waals surface area contributed by atoms with E-state index in [1.165, 1.54) is 55.9 Å². The molecular weight excluding hydrogens is 382 g/mol. The Morgan fingerprint density at radius 1 is 1.10 bits per heavy atom. The van der Waals surface area contributed by atoms with E-state index >= 15 is 0 Å². The molecule has 0 radical (unpaired) electrons. The number of nitrogens with one attached hydrogen (secondary N) is 2. The third-order valence-corrected chi connectivity index (χ3v) is 8.15. The second-order valence-electron chi connectivity index (χ2n) is 9.44. The summed E-state index contributed by atoms with van der Waals surface area (Å²) in [4.78, 5) is 29.8. The van der Waals surface area contributed by atoms with Gasteiger partial charge in [0.05, 0.1) is 5.54 Å². The van der Waals surface area contributed by atoms with Gasteiger partial charge in [0.1, 0.15) is 5.25 Å². The van der Waals surface area contributed by atoms with E-state index in [9.17, 15) is 9.59 Å². The minimum Gasteiger partial charge on any atom is -0.356 e. The lowest BCUT2D eigenvalue weighted by Gasteiger charge is -2.55. The largest absolute Gasteiger partial charge is 0.356 e. The van der Waals surface area contributed by atoms with Crippen LogP contribution in [-0.4, -0.2) is 34.3 Å². The fraction of sp³-hybridized carbons (Fsp3) is 0.609. The van der Waals surface area contributed by atoms with Gasteiger partial charge in [-0.15, -0.1) is 0 Å². The van der Waals surface area contributed by atoms with Crippen molar-refractivity contribution >= 4 is 28.7 Å². The number of rotatable bonds is 6. The molecule has 0 spiro atoms.